The minimum atomic E-state index is -0.701. The largest absolute Gasteiger partial charge is 0.508 e. The first-order valence-corrected chi connectivity index (χ1v) is 8.01. The summed E-state index contributed by atoms with van der Waals surface area (Å²) in [6, 6.07) is 7.16. The summed E-state index contributed by atoms with van der Waals surface area (Å²) < 4.78 is 4.96. The van der Waals surface area contributed by atoms with Crippen LogP contribution in [0.1, 0.15) is 44.0 Å². The summed E-state index contributed by atoms with van der Waals surface area (Å²) in [6.07, 6.45) is 3.42. The summed E-state index contributed by atoms with van der Waals surface area (Å²) in [4.78, 5) is 40.8. The summed E-state index contributed by atoms with van der Waals surface area (Å²) in [5.41, 5.74) is 0.794. The molecule has 1 aliphatic heterocycles. The summed E-state index contributed by atoms with van der Waals surface area (Å²) in [7, 11) is 0. The third-order valence-corrected chi connectivity index (χ3v) is 4.04. The number of H-pyrrole nitrogens is 1. The fraction of sp³-hybridized carbons (Fsp3) is 0.278. The van der Waals surface area contributed by atoms with Crippen LogP contribution in [0.25, 0.3) is 0 Å². The van der Waals surface area contributed by atoms with E-state index >= 15 is 0 Å². The SMILES string of the molecule is O=C(COC(=O)c1cccc(O)c1)c1c[nH]c(C(=O)N2CCCC2)c1. The maximum Gasteiger partial charge on any atom is 0.338 e. The molecule has 0 bridgehead atoms. The van der Waals surface area contributed by atoms with Crippen molar-refractivity contribution in [2.24, 2.45) is 0 Å². The third-order valence-electron chi connectivity index (χ3n) is 4.04. The van der Waals surface area contributed by atoms with Crippen LogP contribution in [0, 0.1) is 0 Å². The van der Waals surface area contributed by atoms with Crippen molar-refractivity contribution in [1.29, 1.82) is 0 Å². The molecule has 1 amide bonds. The highest BCUT2D eigenvalue weighted by Crippen LogP contribution is 2.14. The number of benzene rings is 1. The molecule has 0 saturated carbocycles. The second-order valence-electron chi connectivity index (χ2n) is 5.85. The number of nitrogens with zero attached hydrogens (tertiary/aromatic N) is 1. The molecule has 0 spiro atoms. The zero-order valence-electron chi connectivity index (χ0n) is 13.5. The van der Waals surface area contributed by atoms with Crippen LogP contribution in [0.15, 0.2) is 36.5 Å². The Bertz CT molecular complexity index is 805. The Morgan fingerprint density at radius 1 is 1.12 bits per heavy atom. The van der Waals surface area contributed by atoms with Gasteiger partial charge in [0.15, 0.2) is 6.61 Å². The summed E-state index contributed by atoms with van der Waals surface area (Å²) in [5.74, 6) is -1.30. The van der Waals surface area contributed by atoms with Gasteiger partial charge in [-0.05, 0) is 37.1 Å². The molecule has 25 heavy (non-hydrogen) atoms. The Morgan fingerprint density at radius 2 is 1.88 bits per heavy atom. The van der Waals surface area contributed by atoms with Crippen LogP contribution in [-0.2, 0) is 4.74 Å². The average molecular weight is 342 g/mol. The molecule has 1 saturated heterocycles. The molecule has 7 heteroatoms. The maximum absolute atomic E-state index is 12.2. The van der Waals surface area contributed by atoms with Crippen molar-refractivity contribution in [3.63, 3.8) is 0 Å². The Kier molecular flexibility index (Phi) is 4.83. The van der Waals surface area contributed by atoms with Crippen LogP contribution in [0.4, 0.5) is 0 Å². The van der Waals surface area contributed by atoms with Gasteiger partial charge < -0.3 is 19.7 Å². The smallest absolute Gasteiger partial charge is 0.338 e. The first kappa shape index (κ1) is 16.8. The number of amides is 1. The van der Waals surface area contributed by atoms with E-state index in [9.17, 15) is 19.5 Å². The van der Waals surface area contributed by atoms with Crippen LogP contribution in [0.2, 0.25) is 0 Å². The molecule has 0 aliphatic carbocycles. The van der Waals surface area contributed by atoms with Gasteiger partial charge in [-0.2, -0.15) is 0 Å². The van der Waals surface area contributed by atoms with Gasteiger partial charge >= 0.3 is 5.97 Å². The molecule has 2 N–H and O–H groups in total. The second-order valence-corrected chi connectivity index (χ2v) is 5.85. The average Bonchev–Trinajstić information content (AvgIpc) is 3.30. The minimum absolute atomic E-state index is 0.0588. The highest BCUT2D eigenvalue weighted by atomic mass is 16.5. The van der Waals surface area contributed by atoms with Crippen molar-refractivity contribution >= 4 is 17.7 Å². The van der Waals surface area contributed by atoms with E-state index in [0.29, 0.717) is 5.69 Å². The molecule has 1 fully saturated rings. The lowest BCUT2D eigenvalue weighted by atomic mass is 10.2. The minimum Gasteiger partial charge on any atom is -0.508 e. The van der Waals surface area contributed by atoms with Gasteiger partial charge in [0.1, 0.15) is 11.4 Å². The van der Waals surface area contributed by atoms with E-state index in [0.717, 1.165) is 25.9 Å². The zero-order chi connectivity index (χ0) is 17.8. The van der Waals surface area contributed by atoms with Crippen molar-refractivity contribution in [2.45, 2.75) is 12.8 Å². The lowest BCUT2D eigenvalue weighted by Gasteiger charge is -2.13. The first-order valence-electron chi connectivity index (χ1n) is 8.01. The molecular weight excluding hydrogens is 324 g/mol. The fourth-order valence-corrected chi connectivity index (χ4v) is 2.70. The van der Waals surface area contributed by atoms with Crippen LogP contribution < -0.4 is 0 Å². The number of hydrogen-bond donors (Lipinski definition) is 2. The third kappa shape index (κ3) is 3.88. The Morgan fingerprint density at radius 3 is 2.60 bits per heavy atom. The van der Waals surface area contributed by atoms with Gasteiger partial charge in [0.2, 0.25) is 5.78 Å². The molecule has 130 valence electrons. The number of Topliss-reactive ketones (excluding diaryl/α,β-unsaturated/α-hetero) is 1. The first-order chi connectivity index (χ1) is 12.0. The van der Waals surface area contributed by atoms with Gasteiger partial charge in [0.05, 0.1) is 5.56 Å². The predicted molar refractivity (Wildman–Crippen MR) is 88.7 cm³/mol. The number of phenolic OH excluding ortho intramolecular Hbond substituents is 1. The molecule has 0 radical (unpaired) electrons. The number of ketones is 1. The number of ether oxygens (including phenoxy) is 1. The van der Waals surface area contributed by atoms with Crippen LogP contribution in [0.5, 0.6) is 5.75 Å². The number of likely N-dealkylation sites (tertiary alicyclic amines) is 1. The lowest BCUT2D eigenvalue weighted by Crippen LogP contribution is -2.27. The number of esters is 1. The highest BCUT2D eigenvalue weighted by molar-refractivity contribution is 6.02. The number of carbonyl (C=O) groups excluding carboxylic acids is 3. The van der Waals surface area contributed by atoms with E-state index in [-0.39, 0.29) is 22.8 Å². The number of phenols is 1. The van der Waals surface area contributed by atoms with Crippen molar-refractivity contribution in [3.8, 4) is 5.75 Å². The molecule has 0 unspecified atom stereocenters. The van der Waals surface area contributed by atoms with Gasteiger partial charge in [-0.25, -0.2) is 4.79 Å². The predicted octanol–water partition coefficient (Wildman–Crippen LogP) is 2.00. The van der Waals surface area contributed by atoms with Crippen LogP contribution in [-0.4, -0.2) is 52.3 Å². The monoisotopic (exact) mass is 342 g/mol. The molecule has 3 rings (SSSR count). The topological polar surface area (TPSA) is 99.7 Å². The molecular formula is C18H18N2O5. The molecule has 0 atom stereocenters. The van der Waals surface area contributed by atoms with Gasteiger partial charge in [-0.15, -0.1) is 0 Å². The van der Waals surface area contributed by atoms with E-state index in [1.165, 1.54) is 36.5 Å². The molecule has 1 aliphatic rings. The Labute approximate surface area is 144 Å². The zero-order valence-corrected chi connectivity index (χ0v) is 13.5. The van der Waals surface area contributed by atoms with Crippen LogP contribution in [0.3, 0.4) is 0 Å². The molecule has 1 aromatic carbocycles. The molecule has 2 aromatic rings. The van der Waals surface area contributed by atoms with Gasteiger partial charge in [-0.3, -0.25) is 9.59 Å². The Hall–Kier alpha value is -3.09. The van der Waals surface area contributed by atoms with E-state index < -0.39 is 18.4 Å². The van der Waals surface area contributed by atoms with Crippen molar-refractivity contribution < 1.29 is 24.2 Å². The van der Waals surface area contributed by atoms with Crippen molar-refractivity contribution in [1.82, 2.24) is 9.88 Å². The second kappa shape index (κ2) is 7.21. The maximum atomic E-state index is 12.2. The number of hydrogen-bond acceptors (Lipinski definition) is 5. The number of carbonyl (C=O) groups is 3. The van der Waals surface area contributed by atoms with E-state index in [1.807, 2.05) is 0 Å². The normalized spacial score (nSPS) is 13.7. The summed E-state index contributed by atoms with van der Waals surface area (Å²) >= 11 is 0. The lowest BCUT2D eigenvalue weighted by molar-refractivity contribution is 0.0474. The summed E-state index contributed by atoms with van der Waals surface area (Å²) in [6.45, 7) is 1.01. The van der Waals surface area contributed by atoms with Gasteiger partial charge in [0.25, 0.3) is 5.91 Å². The van der Waals surface area contributed by atoms with Crippen LogP contribution >= 0.6 is 0 Å². The van der Waals surface area contributed by atoms with Crippen molar-refractivity contribution in [3.05, 3.63) is 53.3 Å². The number of rotatable bonds is 5. The van der Waals surface area contributed by atoms with E-state index in [2.05, 4.69) is 4.98 Å². The van der Waals surface area contributed by atoms with E-state index in [4.69, 9.17) is 4.74 Å². The van der Waals surface area contributed by atoms with Crippen molar-refractivity contribution in [2.75, 3.05) is 19.7 Å². The quantitative estimate of drug-likeness (QED) is 0.639. The van der Waals surface area contributed by atoms with Gasteiger partial charge in [0, 0.05) is 24.8 Å². The molecule has 7 nitrogen and oxygen atoms in total. The number of nitrogens with one attached hydrogen (secondary N) is 1. The molecule has 2 heterocycles. The van der Waals surface area contributed by atoms with Gasteiger partial charge in [-0.1, -0.05) is 6.07 Å². The highest BCUT2D eigenvalue weighted by Gasteiger charge is 2.22. The number of aromatic nitrogens is 1. The molecule has 1 aromatic heterocycles. The Balaban J connectivity index is 1.58. The number of aromatic hydroxyl groups is 1. The number of aromatic amines is 1. The van der Waals surface area contributed by atoms with E-state index in [1.54, 1.807) is 4.90 Å². The summed E-state index contributed by atoms with van der Waals surface area (Å²) in [5, 5.41) is 9.35. The fourth-order valence-electron chi connectivity index (χ4n) is 2.70. The standard InChI is InChI=1S/C18H18N2O5/c21-14-5-3-4-12(8-14)18(24)25-11-16(22)13-9-15(19-10-13)17(23)20-6-1-2-7-20/h3-5,8-10,19,21H,1-2,6-7,11H2.